The number of carbonyl (C=O) groups is 1. The van der Waals surface area contributed by atoms with Crippen molar-refractivity contribution in [2.45, 2.75) is 45.1 Å². The van der Waals surface area contributed by atoms with Crippen LogP contribution in [0.15, 0.2) is 52.4 Å². The summed E-state index contributed by atoms with van der Waals surface area (Å²) >= 11 is 0. The first-order chi connectivity index (χ1) is 13.2. The predicted molar refractivity (Wildman–Crippen MR) is 111 cm³/mol. The van der Waals surface area contributed by atoms with Crippen molar-refractivity contribution >= 4 is 27.5 Å². The zero-order chi connectivity index (χ0) is 20.5. The van der Waals surface area contributed by atoms with Gasteiger partial charge < -0.3 is 5.32 Å². The maximum absolute atomic E-state index is 13.0. The van der Waals surface area contributed by atoms with Gasteiger partial charge in [0.25, 0.3) is 10.0 Å². The minimum Gasteiger partial charge on any atom is -0.324 e. The number of hydrogen-bond donors (Lipinski definition) is 2. The van der Waals surface area contributed by atoms with Crippen molar-refractivity contribution in [3.05, 3.63) is 59.2 Å². The number of nitrogens with zero attached hydrogens (tertiary/aromatic N) is 1. The molecule has 0 spiro atoms. The Morgan fingerprint density at radius 1 is 1.14 bits per heavy atom. The molecule has 2 atom stereocenters. The average Bonchev–Trinajstić information content (AvgIpc) is 2.89. The van der Waals surface area contributed by atoms with Crippen molar-refractivity contribution in [2.24, 2.45) is 10.9 Å². The zero-order valence-corrected chi connectivity index (χ0v) is 17.3. The van der Waals surface area contributed by atoms with Gasteiger partial charge in [0.1, 0.15) is 11.9 Å². The highest BCUT2D eigenvalue weighted by atomic mass is 32.2. The molecule has 1 aliphatic rings. The molecule has 1 amide bonds. The molecule has 3 rings (SSSR count). The highest BCUT2D eigenvalue weighted by Crippen LogP contribution is 2.24. The number of amides is 1. The molecule has 1 aliphatic heterocycles. The van der Waals surface area contributed by atoms with Crippen molar-refractivity contribution in [3.63, 3.8) is 0 Å². The van der Waals surface area contributed by atoms with Crippen molar-refractivity contribution in [2.75, 3.05) is 5.32 Å². The molecule has 0 fully saturated rings. The summed E-state index contributed by atoms with van der Waals surface area (Å²) in [5.74, 6) is -0.0948. The number of sulfonamides is 1. The van der Waals surface area contributed by atoms with Crippen LogP contribution in [0.2, 0.25) is 0 Å². The van der Waals surface area contributed by atoms with Gasteiger partial charge in [-0.3, -0.25) is 14.5 Å². The molecule has 2 aromatic rings. The Morgan fingerprint density at radius 3 is 2.43 bits per heavy atom. The van der Waals surface area contributed by atoms with Crippen LogP contribution in [0.1, 0.15) is 37.0 Å². The molecule has 1 heterocycles. The van der Waals surface area contributed by atoms with Gasteiger partial charge in [-0.2, -0.15) is 0 Å². The molecule has 2 N–H and O–H groups in total. The third-order valence-corrected chi connectivity index (χ3v) is 6.27. The van der Waals surface area contributed by atoms with Gasteiger partial charge in [-0.05, 0) is 55.2 Å². The number of carbonyl (C=O) groups excluding carboxylic acids is 1. The standard InChI is InChI=1S/C21H25N3O3S/c1-5-15(4)19(21(25)22-16-11-13(2)10-14(3)12-16)23-20-17-8-6-7-9-18(17)28(26,27)24-20/h6-12,15,19H,5H2,1-4H3,(H,22,25)(H,23,24)/t15-,19-/m0/s1. The topological polar surface area (TPSA) is 87.6 Å². The maximum Gasteiger partial charge on any atom is 0.263 e. The third-order valence-electron chi connectivity index (χ3n) is 4.87. The first-order valence-electron chi connectivity index (χ1n) is 9.30. The summed E-state index contributed by atoms with van der Waals surface area (Å²) in [5.41, 5.74) is 3.32. The number of benzene rings is 2. The van der Waals surface area contributed by atoms with Gasteiger partial charge in [0.05, 0.1) is 4.90 Å². The summed E-state index contributed by atoms with van der Waals surface area (Å²) in [6.45, 7) is 7.86. The Morgan fingerprint density at radius 2 is 1.79 bits per heavy atom. The summed E-state index contributed by atoms with van der Waals surface area (Å²) in [5, 5.41) is 2.93. The van der Waals surface area contributed by atoms with E-state index in [0.717, 1.165) is 17.5 Å². The van der Waals surface area contributed by atoms with Crippen LogP contribution >= 0.6 is 0 Å². The van der Waals surface area contributed by atoms with E-state index in [9.17, 15) is 13.2 Å². The quantitative estimate of drug-likeness (QED) is 0.808. The fourth-order valence-electron chi connectivity index (χ4n) is 3.30. The monoisotopic (exact) mass is 399 g/mol. The van der Waals surface area contributed by atoms with Gasteiger partial charge in [0.2, 0.25) is 5.91 Å². The lowest BCUT2D eigenvalue weighted by Crippen LogP contribution is -2.34. The molecule has 6 nitrogen and oxygen atoms in total. The van der Waals surface area contributed by atoms with Gasteiger partial charge >= 0.3 is 0 Å². The largest absolute Gasteiger partial charge is 0.324 e. The second kappa shape index (κ2) is 7.75. The molecule has 7 heteroatoms. The Hall–Kier alpha value is -2.67. The number of aryl methyl sites for hydroxylation is 2. The van der Waals surface area contributed by atoms with Crippen molar-refractivity contribution in [1.82, 2.24) is 4.72 Å². The second-order valence-corrected chi connectivity index (χ2v) is 8.93. The van der Waals surface area contributed by atoms with Crippen LogP contribution in [0.3, 0.4) is 0 Å². The Labute approximate surface area is 166 Å². The summed E-state index contributed by atoms with van der Waals surface area (Å²) in [7, 11) is -3.64. The smallest absolute Gasteiger partial charge is 0.263 e. The minimum absolute atomic E-state index is 0.0596. The molecule has 0 saturated carbocycles. The zero-order valence-electron chi connectivity index (χ0n) is 16.5. The third kappa shape index (κ3) is 4.09. The van der Waals surface area contributed by atoms with Gasteiger partial charge in [0.15, 0.2) is 0 Å². The van der Waals surface area contributed by atoms with Gasteiger partial charge in [0, 0.05) is 11.3 Å². The normalized spacial score (nSPS) is 18.2. The number of fused-ring (bicyclic) bond motifs is 1. The molecular formula is C21H25N3O3S. The van der Waals surface area contributed by atoms with Crippen LogP contribution < -0.4 is 10.0 Å². The first kappa shape index (κ1) is 20.1. The van der Waals surface area contributed by atoms with E-state index in [1.165, 1.54) is 6.07 Å². The predicted octanol–water partition coefficient (Wildman–Crippen LogP) is 3.40. The fourth-order valence-corrected chi connectivity index (χ4v) is 4.54. The lowest BCUT2D eigenvalue weighted by molar-refractivity contribution is -0.118. The van der Waals surface area contributed by atoms with E-state index in [0.29, 0.717) is 11.3 Å². The van der Waals surface area contributed by atoms with Gasteiger partial charge in [-0.25, -0.2) is 8.42 Å². The van der Waals surface area contributed by atoms with Crippen molar-refractivity contribution in [1.29, 1.82) is 0 Å². The number of aliphatic imine (C=N–C) groups is 1. The van der Waals surface area contributed by atoms with E-state index in [2.05, 4.69) is 15.0 Å². The highest BCUT2D eigenvalue weighted by molar-refractivity contribution is 7.90. The molecule has 2 aromatic carbocycles. The molecule has 0 bridgehead atoms. The SMILES string of the molecule is CC[C@H](C)[C@H](N=C1NS(=O)(=O)c2ccccc21)C(=O)Nc1cc(C)cc(C)c1. The number of rotatable bonds is 5. The fraction of sp³-hybridized carbons (Fsp3) is 0.333. The van der Waals surface area contributed by atoms with E-state index in [4.69, 9.17) is 0 Å². The molecular weight excluding hydrogens is 374 g/mol. The number of nitrogens with one attached hydrogen (secondary N) is 2. The van der Waals surface area contributed by atoms with Crippen molar-refractivity contribution < 1.29 is 13.2 Å². The first-order valence-corrected chi connectivity index (χ1v) is 10.8. The molecule has 0 aromatic heterocycles. The number of amidine groups is 1. The van der Waals surface area contributed by atoms with E-state index in [-0.39, 0.29) is 22.6 Å². The number of anilines is 1. The summed E-state index contributed by atoms with van der Waals surface area (Å²) < 4.78 is 27.1. The van der Waals surface area contributed by atoms with Gasteiger partial charge in [-0.15, -0.1) is 0 Å². The molecule has 0 unspecified atom stereocenters. The van der Waals surface area contributed by atoms with E-state index in [1.807, 2.05) is 45.9 Å². The second-order valence-electron chi connectivity index (χ2n) is 7.28. The lowest BCUT2D eigenvalue weighted by atomic mass is 9.98. The van der Waals surface area contributed by atoms with Crippen molar-refractivity contribution in [3.8, 4) is 0 Å². The van der Waals surface area contributed by atoms with Crippen LogP contribution in [-0.4, -0.2) is 26.2 Å². The maximum atomic E-state index is 13.0. The molecule has 0 saturated heterocycles. The van der Waals surface area contributed by atoms with Crippen LogP contribution in [0.25, 0.3) is 0 Å². The van der Waals surface area contributed by atoms with Crippen LogP contribution in [0.4, 0.5) is 5.69 Å². The molecule has 0 aliphatic carbocycles. The Kier molecular flexibility index (Phi) is 5.56. The molecule has 28 heavy (non-hydrogen) atoms. The Bertz CT molecular complexity index is 1020. The van der Waals surface area contributed by atoms with Gasteiger partial charge in [-0.1, -0.05) is 38.5 Å². The lowest BCUT2D eigenvalue weighted by Gasteiger charge is -2.20. The average molecular weight is 400 g/mol. The van der Waals surface area contributed by atoms with E-state index in [1.54, 1.807) is 18.2 Å². The summed E-state index contributed by atoms with van der Waals surface area (Å²) in [4.78, 5) is 17.7. The van der Waals surface area contributed by atoms with E-state index < -0.39 is 16.1 Å². The summed E-state index contributed by atoms with van der Waals surface area (Å²) in [6.07, 6.45) is 0.732. The number of hydrogen-bond acceptors (Lipinski definition) is 4. The highest BCUT2D eigenvalue weighted by Gasteiger charge is 2.33. The van der Waals surface area contributed by atoms with E-state index >= 15 is 0 Å². The molecule has 0 radical (unpaired) electrons. The van der Waals surface area contributed by atoms with Crippen LogP contribution in [0.5, 0.6) is 0 Å². The van der Waals surface area contributed by atoms with Crippen LogP contribution in [-0.2, 0) is 14.8 Å². The van der Waals surface area contributed by atoms with Crippen LogP contribution in [0, 0.1) is 19.8 Å². The summed E-state index contributed by atoms with van der Waals surface area (Å²) in [6, 6.07) is 11.8. The molecule has 148 valence electrons. The Balaban J connectivity index is 1.95. The minimum atomic E-state index is -3.64.